The van der Waals surface area contributed by atoms with Crippen LogP contribution in [0.4, 0.5) is 0 Å². The van der Waals surface area contributed by atoms with Crippen LogP contribution in [0.25, 0.3) is 22.8 Å². The summed E-state index contributed by atoms with van der Waals surface area (Å²) in [6, 6.07) is 14.1. The summed E-state index contributed by atoms with van der Waals surface area (Å²) in [5.74, 6) is 2.53. The van der Waals surface area contributed by atoms with Crippen molar-refractivity contribution in [3.8, 4) is 34.7 Å². The van der Waals surface area contributed by atoms with Gasteiger partial charge in [0.2, 0.25) is 5.82 Å². The number of nitriles is 1. The van der Waals surface area contributed by atoms with Crippen molar-refractivity contribution in [2.24, 2.45) is 0 Å². The lowest BCUT2D eigenvalue weighted by Crippen LogP contribution is -2.16. The molecule has 4 rings (SSSR count). The Hall–Kier alpha value is -2.86. The molecule has 0 bridgehead atoms. The van der Waals surface area contributed by atoms with E-state index >= 15 is 0 Å². The number of nitrogens with zero attached hydrogens (tertiary/aromatic N) is 3. The Balaban J connectivity index is 1.56. The van der Waals surface area contributed by atoms with Gasteiger partial charge in [0.25, 0.3) is 5.89 Å². The van der Waals surface area contributed by atoms with Crippen molar-refractivity contribution in [3.63, 3.8) is 0 Å². The average molecular weight is 450 g/mol. The summed E-state index contributed by atoms with van der Waals surface area (Å²) in [5.41, 5.74) is 4.71. The van der Waals surface area contributed by atoms with Crippen molar-refractivity contribution in [1.29, 1.82) is 5.26 Å². The predicted molar refractivity (Wildman–Crippen MR) is 126 cm³/mol. The fourth-order valence-electron chi connectivity index (χ4n) is 3.86. The van der Waals surface area contributed by atoms with Crippen molar-refractivity contribution < 1.29 is 9.26 Å². The van der Waals surface area contributed by atoms with E-state index in [0.29, 0.717) is 34.6 Å². The first kappa shape index (κ1) is 22.3. The first-order chi connectivity index (χ1) is 15.6. The molecule has 0 saturated carbocycles. The third-order valence-electron chi connectivity index (χ3n) is 5.33. The first-order valence-corrected chi connectivity index (χ1v) is 11.8. The molecule has 2 aromatic carbocycles. The van der Waals surface area contributed by atoms with E-state index in [9.17, 15) is 5.26 Å². The van der Waals surface area contributed by atoms with Gasteiger partial charge < -0.3 is 14.6 Å². The van der Waals surface area contributed by atoms with Crippen molar-refractivity contribution in [3.05, 3.63) is 53.1 Å². The van der Waals surface area contributed by atoms with E-state index in [0.717, 1.165) is 30.7 Å². The maximum atomic E-state index is 9.50. The van der Waals surface area contributed by atoms with Gasteiger partial charge in [0, 0.05) is 29.5 Å². The molecule has 0 amide bonds. The maximum absolute atomic E-state index is 9.50. The zero-order valence-corrected chi connectivity index (χ0v) is 19.3. The van der Waals surface area contributed by atoms with Crippen molar-refractivity contribution >= 4 is 11.9 Å². The summed E-state index contributed by atoms with van der Waals surface area (Å²) >= 11 is 1.75. The second-order valence-corrected chi connectivity index (χ2v) is 8.88. The topological polar surface area (TPSA) is 96.0 Å². The molecule has 1 atom stereocenters. The van der Waals surface area contributed by atoms with Gasteiger partial charge in [0.15, 0.2) is 0 Å². The largest absolute Gasteiger partial charge is 0.490 e. The molecule has 7 nitrogen and oxygen atoms in total. The molecule has 0 unspecified atom stereocenters. The Morgan fingerprint density at radius 3 is 2.97 bits per heavy atom. The lowest BCUT2D eigenvalue weighted by Gasteiger charge is -2.13. The average Bonchev–Trinajstić information content (AvgIpc) is 3.44. The smallest absolute Gasteiger partial charge is 0.258 e. The van der Waals surface area contributed by atoms with Crippen LogP contribution in [0.2, 0.25) is 0 Å². The third kappa shape index (κ3) is 4.80. The van der Waals surface area contributed by atoms with Crippen molar-refractivity contribution in [2.45, 2.75) is 38.8 Å². The number of aromatic nitrogens is 2. The normalized spacial score (nSPS) is 15.0. The highest BCUT2D eigenvalue weighted by atomic mass is 32.2. The molecule has 1 heterocycles. The number of nitrogens with one attached hydrogen (secondary N) is 2. The van der Waals surface area contributed by atoms with E-state index < -0.39 is 0 Å². The molecule has 0 fully saturated rings. The third-order valence-corrected chi connectivity index (χ3v) is 6.19. The molecule has 0 radical (unpaired) electrons. The summed E-state index contributed by atoms with van der Waals surface area (Å²) in [5, 5.41) is 16.9. The maximum Gasteiger partial charge on any atom is 0.258 e. The van der Waals surface area contributed by atoms with Gasteiger partial charge >= 0.3 is 0 Å². The highest BCUT2D eigenvalue weighted by molar-refractivity contribution is 7.97. The van der Waals surface area contributed by atoms with Gasteiger partial charge in [0.05, 0.1) is 11.7 Å². The summed E-state index contributed by atoms with van der Waals surface area (Å²) in [4.78, 5) is 4.64. The minimum atomic E-state index is -0.0110. The number of benzene rings is 2. The van der Waals surface area contributed by atoms with E-state index in [4.69, 9.17) is 9.26 Å². The predicted octanol–water partition coefficient (Wildman–Crippen LogP) is 4.51. The Morgan fingerprint density at radius 2 is 2.19 bits per heavy atom. The standard InChI is InChI=1S/C24H27N5O2S/c1-15(2)30-22-10-7-16(13-17(22)14-25)24-27-23(28-31-24)20-6-4-5-19-18(20)8-9-21(19)29-32-12-11-26-3/h4-7,10,13,15,21,26,29H,8-9,11-12H2,1-3H3/t21-/m0/s1. The SMILES string of the molecule is CNCCSN[C@H]1CCc2c(-c3noc(-c4ccc(OC(C)C)c(C#N)c4)n3)cccc21. The second kappa shape index (κ2) is 10.2. The van der Waals surface area contributed by atoms with E-state index in [2.05, 4.69) is 32.3 Å². The van der Waals surface area contributed by atoms with Gasteiger partial charge in [-0.1, -0.05) is 35.3 Å². The number of ether oxygens (including phenoxy) is 1. The van der Waals surface area contributed by atoms with Gasteiger partial charge in [0.1, 0.15) is 11.8 Å². The van der Waals surface area contributed by atoms with Crippen LogP contribution in [0, 0.1) is 11.3 Å². The molecule has 0 saturated heterocycles. The molecule has 0 aliphatic heterocycles. The van der Waals surface area contributed by atoms with Crippen LogP contribution in [0.3, 0.4) is 0 Å². The number of rotatable bonds is 9. The lowest BCUT2D eigenvalue weighted by atomic mass is 10.0. The minimum Gasteiger partial charge on any atom is -0.490 e. The highest BCUT2D eigenvalue weighted by Crippen LogP contribution is 2.38. The van der Waals surface area contributed by atoms with Gasteiger partial charge in [-0.3, -0.25) is 4.72 Å². The zero-order valence-electron chi connectivity index (χ0n) is 18.5. The van der Waals surface area contributed by atoms with Gasteiger partial charge in [-0.25, -0.2) is 0 Å². The molecule has 1 aromatic heterocycles. The lowest BCUT2D eigenvalue weighted by molar-refractivity contribution is 0.241. The molecule has 1 aliphatic rings. The fraction of sp³-hybridized carbons (Fsp3) is 0.375. The van der Waals surface area contributed by atoms with Crippen LogP contribution in [0.1, 0.15) is 43.0 Å². The van der Waals surface area contributed by atoms with E-state index in [-0.39, 0.29) is 6.10 Å². The Morgan fingerprint density at radius 1 is 1.31 bits per heavy atom. The molecule has 166 valence electrons. The summed E-state index contributed by atoms with van der Waals surface area (Å²) < 4.78 is 14.9. The minimum absolute atomic E-state index is 0.0110. The highest BCUT2D eigenvalue weighted by Gasteiger charge is 2.26. The van der Waals surface area contributed by atoms with E-state index in [1.807, 2.05) is 39.1 Å². The molecule has 8 heteroatoms. The van der Waals surface area contributed by atoms with Crippen molar-refractivity contribution in [1.82, 2.24) is 20.2 Å². The molecular formula is C24H27N5O2S. The van der Waals surface area contributed by atoms with Crippen LogP contribution in [0.15, 0.2) is 40.9 Å². The molecule has 3 aromatic rings. The quantitative estimate of drug-likeness (QED) is 0.364. The van der Waals surface area contributed by atoms with Crippen molar-refractivity contribution in [2.75, 3.05) is 19.3 Å². The molecule has 1 aliphatic carbocycles. The van der Waals surface area contributed by atoms with Crippen LogP contribution in [-0.4, -0.2) is 35.6 Å². The van der Waals surface area contributed by atoms with Crippen LogP contribution < -0.4 is 14.8 Å². The Bertz CT molecular complexity index is 1120. The Kier molecular flexibility index (Phi) is 7.10. The molecular weight excluding hydrogens is 422 g/mol. The van der Waals surface area contributed by atoms with Gasteiger partial charge in [-0.15, -0.1) is 0 Å². The summed E-state index contributed by atoms with van der Waals surface area (Å²) in [6.07, 6.45) is 2.01. The van der Waals surface area contributed by atoms with Crippen LogP contribution in [-0.2, 0) is 6.42 Å². The number of fused-ring (bicyclic) bond motifs is 1. The monoisotopic (exact) mass is 449 g/mol. The van der Waals surface area contributed by atoms with E-state index in [1.165, 1.54) is 11.1 Å². The first-order valence-electron chi connectivity index (χ1n) is 10.8. The molecule has 0 spiro atoms. The molecule has 2 N–H and O–H groups in total. The van der Waals surface area contributed by atoms with Gasteiger partial charge in [-0.05, 0) is 63.1 Å². The number of hydrogen-bond donors (Lipinski definition) is 2. The molecule has 32 heavy (non-hydrogen) atoms. The summed E-state index contributed by atoms with van der Waals surface area (Å²) in [7, 11) is 1.96. The number of hydrogen-bond acceptors (Lipinski definition) is 8. The van der Waals surface area contributed by atoms with Gasteiger partial charge in [-0.2, -0.15) is 10.2 Å². The Labute approximate surface area is 192 Å². The van der Waals surface area contributed by atoms with E-state index in [1.54, 1.807) is 24.1 Å². The van der Waals surface area contributed by atoms with Crippen LogP contribution >= 0.6 is 11.9 Å². The summed E-state index contributed by atoms with van der Waals surface area (Å²) in [6.45, 7) is 4.83. The second-order valence-electron chi connectivity index (χ2n) is 7.95. The van der Waals surface area contributed by atoms with Crippen LogP contribution in [0.5, 0.6) is 5.75 Å². The zero-order chi connectivity index (χ0) is 22.5. The fourth-order valence-corrected chi connectivity index (χ4v) is 4.73.